The molecule has 24 heavy (non-hydrogen) atoms. The van der Waals surface area contributed by atoms with E-state index in [1.807, 2.05) is 42.5 Å². The van der Waals surface area contributed by atoms with Gasteiger partial charge in [0.05, 0.1) is 7.11 Å². The topological polar surface area (TPSA) is 43.4 Å². The number of benzene rings is 3. The SMILES string of the molecule is COc1ccccc1-c1ccccc1C(=O)C(=O)c1ccccc1. The predicted octanol–water partition coefficient (Wildman–Crippen LogP) is 4.43. The highest BCUT2D eigenvalue weighted by Crippen LogP contribution is 2.32. The number of Topliss-reactive ketones (excluding diaryl/α,β-unsaturated/α-hetero) is 2. The molecular weight excluding hydrogens is 300 g/mol. The van der Waals surface area contributed by atoms with Crippen molar-refractivity contribution in [3.63, 3.8) is 0 Å². The van der Waals surface area contributed by atoms with E-state index in [2.05, 4.69) is 0 Å². The van der Waals surface area contributed by atoms with Crippen LogP contribution in [0.15, 0.2) is 78.9 Å². The first kappa shape index (κ1) is 15.7. The van der Waals surface area contributed by atoms with Crippen molar-refractivity contribution in [2.75, 3.05) is 7.11 Å². The van der Waals surface area contributed by atoms with Crippen LogP contribution >= 0.6 is 0 Å². The van der Waals surface area contributed by atoms with Gasteiger partial charge in [0.2, 0.25) is 11.6 Å². The quantitative estimate of drug-likeness (QED) is 0.516. The van der Waals surface area contributed by atoms with Gasteiger partial charge in [0.15, 0.2) is 0 Å². The van der Waals surface area contributed by atoms with Crippen LogP contribution in [0.25, 0.3) is 11.1 Å². The van der Waals surface area contributed by atoms with Crippen molar-refractivity contribution in [2.45, 2.75) is 0 Å². The minimum absolute atomic E-state index is 0.371. The van der Waals surface area contributed by atoms with Crippen molar-refractivity contribution >= 4 is 11.6 Å². The van der Waals surface area contributed by atoms with E-state index in [-0.39, 0.29) is 0 Å². The zero-order chi connectivity index (χ0) is 16.9. The Bertz CT molecular complexity index is 882. The van der Waals surface area contributed by atoms with Crippen LogP contribution in [0, 0.1) is 0 Å². The Balaban J connectivity index is 2.07. The first-order valence-corrected chi connectivity index (χ1v) is 7.59. The lowest BCUT2D eigenvalue weighted by atomic mass is 9.93. The van der Waals surface area contributed by atoms with Crippen LogP contribution in [0.1, 0.15) is 20.7 Å². The lowest BCUT2D eigenvalue weighted by Gasteiger charge is -2.12. The smallest absolute Gasteiger partial charge is 0.234 e. The molecule has 3 nitrogen and oxygen atoms in total. The molecule has 3 heteroatoms. The molecule has 118 valence electrons. The summed E-state index contributed by atoms with van der Waals surface area (Å²) in [6.45, 7) is 0. The molecule has 0 saturated heterocycles. The second-order valence-electron chi connectivity index (χ2n) is 5.27. The molecule has 3 rings (SSSR count). The number of methoxy groups -OCH3 is 1. The molecule has 0 bridgehead atoms. The Morgan fingerprint density at radius 1 is 0.667 bits per heavy atom. The first-order chi connectivity index (χ1) is 11.7. The van der Waals surface area contributed by atoms with E-state index in [0.29, 0.717) is 22.4 Å². The maximum atomic E-state index is 12.7. The van der Waals surface area contributed by atoms with Gasteiger partial charge in [0.1, 0.15) is 5.75 Å². The number of rotatable bonds is 5. The molecule has 0 heterocycles. The van der Waals surface area contributed by atoms with Crippen molar-refractivity contribution in [1.29, 1.82) is 0 Å². The van der Waals surface area contributed by atoms with Gasteiger partial charge in [-0.3, -0.25) is 9.59 Å². The predicted molar refractivity (Wildman–Crippen MR) is 93.5 cm³/mol. The van der Waals surface area contributed by atoms with Crippen molar-refractivity contribution in [1.82, 2.24) is 0 Å². The summed E-state index contributed by atoms with van der Waals surface area (Å²) < 4.78 is 5.38. The zero-order valence-electron chi connectivity index (χ0n) is 13.2. The highest BCUT2D eigenvalue weighted by Gasteiger charge is 2.22. The summed E-state index contributed by atoms with van der Waals surface area (Å²) in [5.41, 5.74) is 2.22. The lowest BCUT2D eigenvalue weighted by Crippen LogP contribution is -2.15. The normalized spacial score (nSPS) is 10.2. The Morgan fingerprint density at radius 2 is 1.25 bits per heavy atom. The third kappa shape index (κ3) is 2.97. The van der Waals surface area contributed by atoms with Gasteiger partial charge >= 0.3 is 0 Å². The summed E-state index contributed by atoms with van der Waals surface area (Å²) in [7, 11) is 1.58. The van der Waals surface area contributed by atoms with Crippen molar-refractivity contribution in [2.24, 2.45) is 0 Å². The van der Waals surface area contributed by atoms with E-state index < -0.39 is 11.6 Å². The molecule has 0 N–H and O–H groups in total. The molecule has 0 amide bonds. The van der Waals surface area contributed by atoms with Gasteiger partial charge in [-0.25, -0.2) is 0 Å². The van der Waals surface area contributed by atoms with Crippen LogP contribution in [-0.2, 0) is 0 Å². The molecule has 0 radical (unpaired) electrons. The molecule has 0 aliphatic heterocycles. The molecule has 0 atom stereocenters. The van der Waals surface area contributed by atoms with E-state index in [1.165, 1.54) is 0 Å². The van der Waals surface area contributed by atoms with Crippen molar-refractivity contribution in [3.8, 4) is 16.9 Å². The minimum atomic E-state index is -0.525. The van der Waals surface area contributed by atoms with Crippen LogP contribution in [-0.4, -0.2) is 18.7 Å². The summed E-state index contributed by atoms with van der Waals surface area (Å²) >= 11 is 0. The van der Waals surface area contributed by atoms with Crippen LogP contribution < -0.4 is 4.74 Å². The third-order valence-corrected chi connectivity index (χ3v) is 3.81. The monoisotopic (exact) mass is 316 g/mol. The summed E-state index contributed by atoms with van der Waals surface area (Å²) in [5, 5.41) is 0. The molecule has 0 unspecified atom stereocenters. The molecule has 0 saturated carbocycles. The Hall–Kier alpha value is -3.20. The van der Waals surface area contributed by atoms with Crippen molar-refractivity contribution in [3.05, 3.63) is 90.0 Å². The van der Waals surface area contributed by atoms with Gasteiger partial charge < -0.3 is 4.74 Å². The van der Waals surface area contributed by atoms with E-state index in [1.54, 1.807) is 43.5 Å². The molecule has 0 aromatic heterocycles. The van der Waals surface area contributed by atoms with E-state index in [9.17, 15) is 9.59 Å². The average molecular weight is 316 g/mol. The number of hydrogen-bond donors (Lipinski definition) is 0. The number of ether oxygens (including phenoxy) is 1. The second kappa shape index (κ2) is 6.92. The van der Waals surface area contributed by atoms with Crippen LogP contribution in [0.4, 0.5) is 0 Å². The van der Waals surface area contributed by atoms with E-state index in [4.69, 9.17) is 4.74 Å². The van der Waals surface area contributed by atoms with Crippen LogP contribution in [0.2, 0.25) is 0 Å². The highest BCUT2D eigenvalue weighted by atomic mass is 16.5. The first-order valence-electron chi connectivity index (χ1n) is 7.59. The molecule has 0 fully saturated rings. The van der Waals surface area contributed by atoms with Gasteiger partial charge in [-0.15, -0.1) is 0 Å². The largest absolute Gasteiger partial charge is 0.496 e. The summed E-state index contributed by atoms with van der Waals surface area (Å²) in [4.78, 5) is 25.3. The standard InChI is InChI=1S/C21H16O3/c1-24-19-14-8-7-12-17(19)16-11-5-6-13-18(16)21(23)20(22)15-9-3-2-4-10-15/h2-14H,1H3. The fourth-order valence-electron chi connectivity index (χ4n) is 2.63. The Kier molecular flexibility index (Phi) is 4.52. The zero-order valence-corrected chi connectivity index (χ0v) is 13.2. The summed E-state index contributed by atoms with van der Waals surface area (Å²) in [6.07, 6.45) is 0. The maximum Gasteiger partial charge on any atom is 0.234 e. The van der Waals surface area contributed by atoms with Crippen LogP contribution in [0.3, 0.4) is 0 Å². The number of hydrogen-bond acceptors (Lipinski definition) is 3. The van der Waals surface area contributed by atoms with Gasteiger partial charge in [-0.2, -0.15) is 0 Å². The Labute approximate surface area is 140 Å². The maximum absolute atomic E-state index is 12.7. The van der Waals surface area contributed by atoms with E-state index in [0.717, 1.165) is 5.56 Å². The van der Waals surface area contributed by atoms with Gasteiger partial charge in [0.25, 0.3) is 0 Å². The average Bonchev–Trinajstić information content (AvgIpc) is 2.67. The van der Waals surface area contributed by atoms with Gasteiger partial charge in [0, 0.05) is 16.7 Å². The lowest BCUT2D eigenvalue weighted by molar-refractivity contribution is 0.0817. The molecule has 0 aliphatic carbocycles. The number of carbonyl (C=O) groups is 2. The third-order valence-electron chi connectivity index (χ3n) is 3.81. The van der Waals surface area contributed by atoms with E-state index >= 15 is 0 Å². The van der Waals surface area contributed by atoms with Gasteiger partial charge in [-0.1, -0.05) is 72.8 Å². The highest BCUT2D eigenvalue weighted by molar-refractivity contribution is 6.50. The van der Waals surface area contributed by atoms with Crippen LogP contribution in [0.5, 0.6) is 5.75 Å². The second-order valence-corrected chi connectivity index (χ2v) is 5.27. The summed E-state index contributed by atoms with van der Waals surface area (Å²) in [5.74, 6) is -0.384. The fourth-order valence-corrected chi connectivity index (χ4v) is 2.63. The molecule has 3 aromatic rings. The molecule has 0 aliphatic rings. The number of carbonyl (C=O) groups excluding carboxylic acids is 2. The minimum Gasteiger partial charge on any atom is -0.496 e. The Morgan fingerprint density at radius 3 is 1.96 bits per heavy atom. The molecular formula is C21H16O3. The number of para-hydroxylation sites is 1. The fraction of sp³-hybridized carbons (Fsp3) is 0.0476. The van der Waals surface area contributed by atoms with Crippen molar-refractivity contribution < 1.29 is 14.3 Å². The molecule has 0 spiro atoms. The summed E-state index contributed by atoms with van der Waals surface area (Å²) in [6, 6.07) is 23.1. The van der Waals surface area contributed by atoms with Gasteiger partial charge in [-0.05, 0) is 11.6 Å². The molecule has 3 aromatic carbocycles. The number of ketones is 2.